The largest absolute Gasteiger partial charge is 0.315 e. The average molecular weight is 253 g/mol. The fraction of sp³-hybridized carbons (Fsp3) is 0.250. The van der Waals surface area contributed by atoms with Crippen molar-refractivity contribution in [2.24, 2.45) is 0 Å². The summed E-state index contributed by atoms with van der Waals surface area (Å²) in [6.07, 6.45) is 0. The molecule has 0 bridgehead atoms. The topological polar surface area (TPSA) is 49.8 Å². The zero-order valence-corrected chi connectivity index (χ0v) is 10.1. The van der Waals surface area contributed by atoms with Crippen molar-refractivity contribution in [1.29, 1.82) is 0 Å². The smallest absolute Gasteiger partial charge is 0.269 e. The third-order valence-corrected chi connectivity index (χ3v) is 2.77. The lowest BCUT2D eigenvalue weighted by Crippen LogP contribution is -2.14. The van der Waals surface area contributed by atoms with Gasteiger partial charge >= 0.3 is 0 Å². The van der Waals surface area contributed by atoms with Crippen molar-refractivity contribution in [3.8, 4) is 5.69 Å². The van der Waals surface area contributed by atoms with Crippen LogP contribution in [0.3, 0.4) is 0 Å². The summed E-state index contributed by atoms with van der Waals surface area (Å²) in [6.45, 7) is 2.16. The van der Waals surface area contributed by atoms with Gasteiger partial charge in [-0.15, -0.1) is 0 Å². The minimum Gasteiger partial charge on any atom is -0.315 e. The van der Waals surface area contributed by atoms with Gasteiger partial charge in [0.15, 0.2) is 11.6 Å². The molecule has 6 heteroatoms. The molecule has 0 aliphatic carbocycles. The average Bonchev–Trinajstić information content (AvgIpc) is 2.61. The lowest BCUT2D eigenvalue weighted by atomic mass is 10.2. The maximum Gasteiger partial charge on any atom is 0.269 e. The van der Waals surface area contributed by atoms with Gasteiger partial charge in [-0.1, -0.05) is 0 Å². The molecule has 0 fully saturated rings. The Morgan fingerprint density at radius 2 is 2.06 bits per heavy atom. The maximum absolute atomic E-state index is 13.2. The van der Waals surface area contributed by atoms with Crippen LogP contribution in [0.4, 0.5) is 8.78 Å². The first-order valence-electron chi connectivity index (χ1n) is 5.45. The molecule has 0 atom stereocenters. The Bertz CT molecular complexity index is 631. The molecule has 96 valence electrons. The maximum atomic E-state index is 13.2. The molecule has 0 radical (unpaired) electrons. The van der Waals surface area contributed by atoms with Gasteiger partial charge in [-0.25, -0.2) is 8.78 Å². The standard InChI is InChI=1S/C12H13F2N3O/c1-7-9(6-15-2)12(18)16-17(7)8-3-4-10(13)11(14)5-8/h3-5,15H,6H2,1-2H3,(H,16,18). The predicted octanol–water partition coefficient (Wildman–Crippen LogP) is 1.47. The molecule has 0 unspecified atom stereocenters. The summed E-state index contributed by atoms with van der Waals surface area (Å²) in [5.74, 6) is -1.86. The molecule has 0 spiro atoms. The summed E-state index contributed by atoms with van der Waals surface area (Å²) in [5, 5.41) is 5.48. The molecule has 2 aromatic rings. The van der Waals surface area contributed by atoms with Gasteiger partial charge in [-0.2, -0.15) is 0 Å². The predicted molar refractivity (Wildman–Crippen MR) is 63.8 cm³/mol. The lowest BCUT2D eigenvalue weighted by molar-refractivity contribution is 0.507. The van der Waals surface area contributed by atoms with E-state index < -0.39 is 11.6 Å². The summed E-state index contributed by atoms with van der Waals surface area (Å²) in [4.78, 5) is 11.7. The Hall–Kier alpha value is -1.95. The van der Waals surface area contributed by atoms with Crippen molar-refractivity contribution in [3.63, 3.8) is 0 Å². The second kappa shape index (κ2) is 4.73. The third-order valence-electron chi connectivity index (χ3n) is 2.77. The van der Waals surface area contributed by atoms with Crippen molar-refractivity contribution in [1.82, 2.24) is 15.1 Å². The molecule has 0 saturated carbocycles. The molecule has 0 aliphatic heterocycles. The summed E-state index contributed by atoms with van der Waals surface area (Å²) in [7, 11) is 1.73. The third kappa shape index (κ3) is 2.06. The first-order chi connectivity index (χ1) is 8.54. The van der Waals surface area contributed by atoms with Gasteiger partial charge < -0.3 is 5.32 Å². The Balaban J connectivity index is 2.54. The van der Waals surface area contributed by atoms with Crippen molar-refractivity contribution in [3.05, 3.63) is 51.4 Å². The van der Waals surface area contributed by atoms with Gasteiger partial charge in [0.2, 0.25) is 0 Å². The number of hydrogen-bond donors (Lipinski definition) is 2. The molecule has 18 heavy (non-hydrogen) atoms. The number of nitrogens with one attached hydrogen (secondary N) is 2. The van der Waals surface area contributed by atoms with E-state index >= 15 is 0 Å². The highest BCUT2D eigenvalue weighted by Gasteiger charge is 2.12. The number of aromatic amines is 1. The molecule has 2 N–H and O–H groups in total. The van der Waals surface area contributed by atoms with E-state index in [0.717, 1.165) is 12.1 Å². The van der Waals surface area contributed by atoms with E-state index in [1.54, 1.807) is 14.0 Å². The molecule has 0 saturated heterocycles. The zero-order valence-electron chi connectivity index (χ0n) is 10.1. The van der Waals surface area contributed by atoms with E-state index in [9.17, 15) is 13.6 Å². The highest BCUT2D eigenvalue weighted by molar-refractivity contribution is 5.35. The highest BCUT2D eigenvalue weighted by atomic mass is 19.2. The normalized spacial score (nSPS) is 10.9. The summed E-state index contributed by atoms with van der Waals surface area (Å²) in [5.41, 5.74) is 1.38. The second-order valence-electron chi connectivity index (χ2n) is 3.97. The van der Waals surface area contributed by atoms with Gasteiger partial charge in [-0.3, -0.25) is 14.6 Å². The molecule has 4 nitrogen and oxygen atoms in total. The molecular formula is C12H13F2N3O. The first-order valence-corrected chi connectivity index (χ1v) is 5.45. The molecule has 2 rings (SSSR count). The Morgan fingerprint density at radius 1 is 1.33 bits per heavy atom. The lowest BCUT2D eigenvalue weighted by Gasteiger charge is -2.06. The fourth-order valence-corrected chi connectivity index (χ4v) is 1.82. The quantitative estimate of drug-likeness (QED) is 0.870. The van der Waals surface area contributed by atoms with E-state index in [2.05, 4.69) is 10.4 Å². The first kappa shape index (κ1) is 12.5. The summed E-state index contributed by atoms with van der Waals surface area (Å²) in [6, 6.07) is 3.48. The highest BCUT2D eigenvalue weighted by Crippen LogP contribution is 2.14. The summed E-state index contributed by atoms with van der Waals surface area (Å²) < 4.78 is 27.5. The van der Waals surface area contributed by atoms with E-state index in [0.29, 0.717) is 23.5 Å². The molecular weight excluding hydrogens is 240 g/mol. The van der Waals surface area contributed by atoms with Gasteiger partial charge in [0.25, 0.3) is 5.56 Å². The Labute approximate surface area is 102 Å². The number of hydrogen-bond acceptors (Lipinski definition) is 2. The van der Waals surface area contributed by atoms with E-state index in [4.69, 9.17) is 0 Å². The monoisotopic (exact) mass is 253 g/mol. The number of benzene rings is 1. The number of aromatic nitrogens is 2. The van der Waals surface area contributed by atoms with Crippen molar-refractivity contribution >= 4 is 0 Å². The number of H-pyrrole nitrogens is 1. The zero-order chi connectivity index (χ0) is 13.3. The van der Waals surface area contributed by atoms with Gasteiger partial charge in [0, 0.05) is 18.3 Å². The summed E-state index contributed by atoms with van der Waals surface area (Å²) >= 11 is 0. The van der Waals surface area contributed by atoms with Crippen LogP contribution in [-0.4, -0.2) is 16.8 Å². The number of halogens is 2. The fourth-order valence-electron chi connectivity index (χ4n) is 1.82. The van der Waals surface area contributed by atoms with Crippen LogP contribution in [0.15, 0.2) is 23.0 Å². The Kier molecular flexibility index (Phi) is 3.29. The molecule has 1 aromatic heterocycles. The van der Waals surface area contributed by atoms with Crippen LogP contribution in [0.5, 0.6) is 0 Å². The van der Waals surface area contributed by atoms with Crippen LogP contribution in [-0.2, 0) is 6.54 Å². The number of rotatable bonds is 3. The van der Waals surface area contributed by atoms with Gasteiger partial charge in [0.1, 0.15) is 0 Å². The minimum absolute atomic E-state index is 0.244. The van der Waals surface area contributed by atoms with Crippen molar-refractivity contribution < 1.29 is 8.78 Å². The van der Waals surface area contributed by atoms with E-state index in [1.807, 2.05) is 0 Å². The van der Waals surface area contributed by atoms with Crippen LogP contribution in [0.1, 0.15) is 11.3 Å². The molecule has 0 aliphatic rings. The SMILES string of the molecule is CNCc1c(C)n(-c2ccc(F)c(F)c2)[nH]c1=O. The van der Waals surface area contributed by atoms with E-state index in [1.165, 1.54) is 10.7 Å². The van der Waals surface area contributed by atoms with Gasteiger partial charge in [-0.05, 0) is 26.1 Å². The second-order valence-corrected chi connectivity index (χ2v) is 3.97. The number of nitrogens with zero attached hydrogens (tertiary/aromatic N) is 1. The molecule has 1 heterocycles. The molecule has 1 aromatic carbocycles. The van der Waals surface area contributed by atoms with Crippen LogP contribution in [0, 0.1) is 18.6 Å². The van der Waals surface area contributed by atoms with Gasteiger partial charge in [0.05, 0.1) is 11.3 Å². The van der Waals surface area contributed by atoms with Crippen molar-refractivity contribution in [2.75, 3.05) is 7.05 Å². The van der Waals surface area contributed by atoms with Crippen LogP contribution in [0.2, 0.25) is 0 Å². The van der Waals surface area contributed by atoms with Crippen molar-refractivity contribution in [2.45, 2.75) is 13.5 Å². The molecule has 0 amide bonds. The van der Waals surface area contributed by atoms with Crippen LogP contribution >= 0.6 is 0 Å². The van der Waals surface area contributed by atoms with Crippen LogP contribution in [0.25, 0.3) is 5.69 Å². The minimum atomic E-state index is -0.948. The Morgan fingerprint density at radius 3 is 2.67 bits per heavy atom. The van der Waals surface area contributed by atoms with E-state index in [-0.39, 0.29) is 5.56 Å². The van der Waals surface area contributed by atoms with Crippen LogP contribution < -0.4 is 10.9 Å².